The van der Waals surface area contributed by atoms with Crippen molar-refractivity contribution < 1.29 is 46.6 Å². The van der Waals surface area contributed by atoms with Gasteiger partial charge in [0, 0.05) is 81.0 Å². The molecule has 5 aromatic rings. The minimum atomic E-state index is -5.01. The van der Waals surface area contributed by atoms with Gasteiger partial charge in [0.05, 0.1) is 44.7 Å². The molecule has 0 saturated carbocycles. The number of thiazole rings is 1. The monoisotopic (exact) mass is 1040 g/mol. The highest BCUT2D eigenvalue weighted by Crippen LogP contribution is 2.37. The summed E-state index contributed by atoms with van der Waals surface area (Å²) in [6.07, 6.45) is -5.18. The topological polar surface area (TPSA) is 209 Å². The molecule has 3 aromatic carbocycles. The molecule has 0 bridgehead atoms. The number of likely N-dealkylation sites (tertiary alicyclic amines) is 1. The smallest absolute Gasteiger partial charge is 0.391 e. The number of pyridine rings is 1. The van der Waals surface area contributed by atoms with E-state index in [1.54, 1.807) is 38.4 Å². The molecule has 394 valence electrons. The van der Waals surface area contributed by atoms with Crippen LogP contribution in [0.15, 0.2) is 83.2 Å². The summed E-state index contributed by atoms with van der Waals surface area (Å²) >= 11 is 1.54. The van der Waals surface area contributed by atoms with E-state index in [4.69, 9.17) is 0 Å². The molecule has 2 aromatic heterocycles. The zero-order chi connectivity index (χ0) is 53.8. The van der Waals surface area contributed by atoms with Gasteiger partial charge < -0.3 is 41.2 Å². The van der Waals surface area contributed by atoms with E-state index in [-0.39, 0.29) is 73.4 Å². The van der Waals surface area contributed by atoms with Crippen LogP contribution in [0.5, 0.6) is 0 Å². The number of H-pyrrole nitrogens is 1. The van der Waals surface area contributed by atoms with Crippen LogP contribution in [0, 0.1) is 18.2 Å². The number of hydrogen-bond acceptors (Lipinski definition) is 11. The largest absolute Gasteiger partial charge is 0.417 e. The van der Waals surface area contributed by atoms with E-state index in [2.05, 4.69) is 36.1 Å². The zero-order valence-electron chi connectivity index (χ0n) is 42.2. The maximum Gasteiger partial charge on any atom is 0.417 e. The fraction of sp³-hybridized carbons (Fsp3) is 0.415. The number of aliphatic hydroxyl groups is 1. The maximum atomic E-state index is 16.0. The standard InChI is InChI=1S/C53H61F4N9O7S/c1-29-25-65(26-30(2)64(29)7)42-17-15-34(20-41(42)62-49(71)38-24-59-45(69)22-39(38)53(55,56)57)37-16-14-35(19-40(37)54)48(70)58-18-8-9-44(68)63-47(52(4,5)6)51(73)66-27-36(67)21-43(66)50(72)60-23-32-10-12-33(13-11-32)46-31(3)61-28-74-46/h10-17,19-20,22,24,28-30,36,43,47,67H,8-9,18,21,23,25-27H2,1-7H3,(H,58,70)(H,59,69)(H,60,72)(H,62,71)(H,63,68)/t29-,30+,36-,43+,47?/m1/s1. The van der Waals surface area contributed by atoms with Crippen LogP contribution in [-0.2, 0) is 27.1 Å². The third-order valence-corrected chi connectivity index (χ3v) is 14.5. The van der Waals surface area contributed by atoms with E-state index < -0.39 is 81.8 Å². The molecule has 2 aliphatic heterocycles. The molecule has 0 radical (unpaired) electrons. The number of aliphatic hydroxyl groups excluding tert-OH is 1. The van der Waals surface area contributed by atoms with E-state index in [0.717, 1.165) is 27.8 Å². The van der Waals surface area contributed by atoms with Crippen LogP contribution in [0.1, 0.15) is 91.4 Å². The first-order valence-electron chi connectivity index (χ1n) is 24.2. The highest BCUT2D eigenvalue weighted by molar-refractivity contribution is 7.13. The number of amides is 5. The van der Waals surface area contributed by atoms with Gasteiger partial charge in [0.2, 0.25) is 23.3 Å². The quantitative estimate of drug-likeness (QED) is 0.0481. The van der Waals surface area contributed by atoms with E-state index in [9.17, 15) is 47.0 Å². The number of halogens is 4. The van der Waals surface area contributed by atoms with E-state index in [1.807, 2.05) is 57.0 Å². The third-order valence-electron chi connectivity index (χ3n) is 13.5. The molecule has 21 heteroatoms. The zero-order valence-corrected chi connectivity index (χ0v) is 43.0. The molecule has 74 heavy (non-hydrogen) atoms. The van der Waals surface area contributed by atoms with Crippen molar-refractivity contribution in [1.29, 1.82) is 0 Å². The molecule has 5 amide bonds. The second-order valence-electron chi connectivity index (χ2n) is 20.1. The Morgan fingerprint density at radius 3 is 2.23 bits per heavy atom. The number of nitrogens with one attached hydrogen (secondary N) is 5. The molecular formula is C53H61F4N9O7S. The molecule has 16 nitrogen and oxygen atoms in total. The van der Waals surface area contributed by atoms with Crippen LogP contribution in [-0.4, -0.2) is 118 Å². The molecule has 1 unspecified atom stereocenters. The van der Waals surface area contributed by atoms with Gasteiger partial charge in [-0.3, -0.25) is 33.7 Å². The van der Waals surface area contributed by atoms with Crippen molar-refractivity contribution in [1.82, 2.24) is 35.7 Å². The summed E-state index contributed by atoms with van der Waals surface area (Å²) in [5.74, 6) is -4.04. The summed E-state index contributed by atoms with van der Waals surface area (Å²) in [6.45, 7) is 12.4. The number of piperazine rings is 1. The van der Waals surface area contributed by atoms with Gasteiger partial charge in [0.15, 0.2) is 0 Å². The Labute approximate surface area is 429 Å². The normalized spacial score (nSPS) is 18.7. The molecule has 5 atom stereocenters. The predicted molar refractivity (Wildman–Crippen MR) is 274 cm³/mol. The molecule has 0 aliphatic carbocycles. The Morgan fingerprint density at radius 2 is 1.59 bits per heavy atom. The summed E-state index contributed by atoms with van der Waals surface area (Å²) in [4.78, 5) is 92.5. The number of aromatic nitrogens is 2. The Kier molecular flexibility index (Phi) is 16.8. The molecule has 0 spiro atoms. The van der Waals surface area contributed by atoms with Crippen LogP contribution < -0.4 is 31.7 Å². The second kappa shape index (κ2) is 22.7. The van der Waals surface area contributed by atoms with Gasteiger partial charge in [-0.2, -0.15) is 13.2 Å². The number of rotatable bonds is 15. The molecule has 7 rings (SSSR count). The number of β-amino-alcohol motifs (C(OH)–C–C–N with tert-alkyl or cyclic N) is 1. The lowest BCUT2D eigenvalue weighted by Gasteiger charge is -2.44. The number of carbonyl (C=O) groups is 5. The van der Waals surface area contributed by atoms with Crippen LogP contribution in [0.4, 0.5) is 28.9 Å². The maximum absolute atomic E-state index is 16.0. The van der Waals surface area contributed by atoms with E-state index >= 15 is 4.39 Å². The van der Waals surface area contributed by atoms with Crippen LogP contribution in [0.2, 0.25) is 0 Å². The number of hydrogen-bond donors (Lipinski definition) is 6. The molecule has 2 saturated heterocycles. The van der Waals surface area contributed by atoms with Gasteiger partial charge in [-0.05, 0) is 80.6 Å². The third kappa shape index (κ3) is 12.9. The fourth-order valence-corrected chi connectivity index (χ4v) is 10.0. The van der Waals surface area contributed by atoms with E-state index in [1.165, 1.54) is 34.4 Å². The van der Waals surface area contributed by atoms with Crippen molar-refractivity contribution in [3.8, 4) is 21.6 Å². The number of aryl methyl sites for hydroxylation is 1. The Hall–Kier alpha value is -6.97. The number of aromatic amines is 1. The average molecular weight is 1040 g/mol. The van der Waals surface area contributed by atoms with Crippen molar-refractivity contribution in [2.24, 2.45) is 5.41 Å². The lowest BCUT2D eigenvalue weighted by Crippen LogP contribution is -2.57. The summed E-state index contributed by atoms with van der Waals surface area (Å²) in [7, 11) is 1.98. The Morgan fingerprint density at radius 1 is 0.905 bits per heavy atom. The lowest BCUT2D eigenvalue weighted by molar-refractivity contribution is -0.144. The van der Waals surface area contributed by atoms with Crippen molar-refractivity contribution >= 4 is 52.2 Å². The minimum Gasteiger partial charge on any atom is -0.391 e. The van der Waals surface area contributed by atoms with Crippen molar-refractivity contribution in [3.05, 3.63) is 123 Å². The van der Waals surface area contributed by atoms with Crippen LogP contribution >= 0.6 is 11.3 Å². The van der Waals surface area contributed by atoms with Gasteiger partial charge in [0.1, 0.15) is 17.9 Å². The molecule has 4 heterocycles. The van der Waals surface area contributed by atoms with Crippen molar-refractivity contribution in [3.63, 3.8) is 0 Å². The predicted octanol–water partition coefficient (Wildman–Crippen LogP) is 6.73. The second-order valence-corrected chi connectivity index (χ2v) is 20.9. The van der Waals surface area contributed by atoms with Gasteiger partial charge in [-0.25, -0.2) is 9.37 Å². The summed E-state index contributed by atoms with van der Waals surface area (Å²) in [6, 6.07) is 14.6. The van der Waals surface area contributed by atoms with Crippen molar-refractivity contribution in [2.45, 2.75) is 104 Å². The SMILES string of the molecule is Cc1ncsc1-c1ccc(CNC(=O)[C@@H]2C[C@@H](O)CN2C(=O)C(NC(=O)CCCNC(=O)c2ccc(-c3ccc(N4C[C@@H](C)N(C)[C@@H](C)C4)c(NC(=O)c4c[nH]c(=O)cc4C(F)(F)F)c3)c(F)c2)C(C)(C)C)cc1. The van der Waals surface area contributed by atoms with Crippen molar-refractivity contribution in [2.75, 3.05) is 43.4 Å². The first-order chi connectivity index (χ1) is 34.9. The molecule has 2 fully saturated rings. The lowest BCUT2D eigenvalue weighted by atomic mass is 9.85. The van der Waals surface area contributed by atoms with E-state index in [0.29, 0.717) is 31.0 Å². The Balaban J connectivity index is 0.961. The number of benzene rings is 3. The Bertz CT molecular complexity index is 2950. The van der Waals surface area contributed by atoms with Crippen LogP contribution in [0.25, 0.3) is 21.6 Å². The first kappa shape index (κ1) is 54.8. The highest BCUT2D eigenvalue weighted by atomic mass is 32.1. The van der Waals surface area contributed by atoms with Crippen LogP contribution in [0.3, 0.4) is 0 Å². The molecule has 6 N–H and O–H groups in total. The van der Waals surface area contributed by atoms with Gasteiger partial charge in [-0.15, -0.1) is 11.3 Å². The molecular weight excluding hydrogens is 983 g/mol. The number of anilines is 2. The summed E-state index contributed by atoms with van der Waals surface area (Å²) < 4.78 is 57.9. The summed E-state index contributed by atoms with van der Waals surface area (Å²) in [5.41, 5.74) is 1.32. The number of likely N-dealkylation sites (N-methyl/N-ethyl adjacent to an activating group) is 1. The minimum absolute atomic E-state index is 0.0112. The highest BCUT2D eigenvalue weighted by Gasteiger charge is 2.44. The number of alkyl halides is 3. The number of nitrogens with zero attached hydrogens (tertiary/aromatic N) is 4. The van der Waals surface area contributed by atoms with Gasteiger partial charge in [-0.1, -0.05) is 57.2 Å². The van der Waals surface area contributed by atoms with Gasteiger partial charge >= 0.3 is 6.18 Å². The van der Waals surface area contributed by atoms with Gasteiger partial charge in [0.25, 0.3) is 11.8 Å². The fourth-order valence-electron chi connectivity index (χ4n) is 9.22. The average Bonchev–Trinajstić information content (AvgIpc) is 3.97. The number of carbonyl (C=O) groups excluding carboxylic acids is 5. The summed E-state index contributed by atoms with van der Waals surface area (Å²) in [5, 5.41) is 21.6. The molecule has 2 aliphatic rings. The first-order valence-corrected chi connectivity index (χ1v) is 25.1.